The molecule has 0 aliphatic rings. The Morgan fingerprint density at radius 1 is 1.23 bits per heavy atom. The van der Waals surface area contributed by atoms with Crippen LogP contribution in [0, 0.1) is 17.1 Å². The van der Waals surface area contributed by atoms with Gasteiger partial charge in [-0.05, 0) is 51.3 Å². The lowest BCUT2D eigenvalue weighted by molar-refractivity contribution is -0.139. The Bertz CT molecular complexity index is 916. The van der Waals surface area contributed by atoms with Gasteiger partial charge < -0.3 is 5.11 Å². The van der Waals surface area contributed by atoms with Crippen LogP contribution in [-0.4, -0.2) is 17.3 Å². The zero-order chi connectivity index (χ0) is 19.5. The van der Waals surface area contributed by atoms with Crippen molar-refractivity contribution in [1.29, 1.82) is 5.26 Å². The molecule has 1 N–H and O–H groups in total. The van der Waals surface area contributed by atoms with E-state index >= 15 is 0 Å². The maximum Gasteiger partial charge on any atom is 0.399 e. The highest BCUT2D eigenvalue weighted by Gasteiger charge is 2.39. The number of halogens is 5. The van der Waals surface area contributed by atoms with Crippen LogP contribution >= 0.6 is 15.9 Å². The van der Waals surface area contributed by atoms with Crippen LogP contribution in [-0.2, 0) is 0 Å². The summed E-state index contributed by atoms with van der Waals surface area (Å²) in [5.74, 6) is -4.11. The van der Waals surface area contributed by atoms with Gasteiger partial charge in [0.1, 0.15) is 11.9 Å². The fraction of sp³-hybridized carbons (Fsp3) is 0.111. The molecule has 0 spiro atoms. The van der Waals surface area contributed by atoms with E-state index in [4.69, 9.17) is 10.4 Å². The van der Waals surface area contributed by atoms with E-state index < -0.39 is 29.4 Å². The van der Waals surface area contributed by atoms with Gasteiger partial charge in [-0.15, -0.1) is 0 Å². The average molecular weight is 428 g/mol. The van der Waals surface area contributed by atoms with Gasteiger partial charge in [-0.1, -0.05) is 24.3 Å². The molecule has 134 valence electrons. The first-order valence-corrected chi connectivity index (χ1v) is 7.90. The van der Waals surface area contributed by atoms with E-state index in [1.54, 1.807) is 0 Å². The van der Waals surface area contributed by atoms with Crippen molar-refractivity contribution in [1.82, 2.24) is 0 Å². The first kappa shape index (κ1) is 19.7. The lowest BCUT2D eigenvalue weighted by Gasteiger charge is -2.17. The Balaban J connectivity index is 2.41. The molecule has 0 saturated carbocycles. The molecule has 0 radical (unpaired) electrons. The van der Waals surface area contributed by atoms with E-state index in [9.17, 15) is 22.4 Å². The third-order valence-corrected chi connectivity index (χ3v) is 4.18. The van der Waals surface area contributed by atoms with Crippen LogP contribution in [0.3, 0.4) is 0 Å². The van der Waals surface area contributed by atoms with Crippen LogP contribution in [0.15, 0.2) is 46.9 Å². The quantitative estimate of drug-likeness (QED) is 0.653. The van der Waals surface area contributed by atoms with E-state index in [1.165, 1.54) is 30.3 Å². The number of hydrogen-bond acceptors (Lipinski definition) is 2. The van der Waals surface area contributed by atoms with Crippen LogP contribution in [0.1, 0.15) is 33.0 Å². The molecular formula is C18H10BrF4NO2. The van der Waals surface area contributed by atoms with E-state index in [0.29, 0.717) is 5.56 Å². The lowest BCUT2D eigenvalue weighted by Crippen LogP contribution is -2.19. The number of nitrogens with zero attached hydrogens (tertiary/aromatic N) is 1. The highest BCUT2D eigenvalue weighted by Crippen LogP contribution is 2.37. The molecule has 26 heavy (non-hydrogen) atoms. The van der Waals surface area contributed by atoms with E-state index in [0.717, 1.165) is 24.3 Å². The molecular weight excluding hydrogens is 418 g/mol. The molecule has 0 aliphatic carbocycles. The number of aromatic carboxylic acids is 1. The van der Waals surface area contributed by atoms with E-state index in [-0.39, 0.29) is 15.6 Å². The summed E-state index contributed by atoms with van der Waals surface area (Å²) in [5, 5.41) is 17.7. The lowest BCUT2D eigenvalue weighted by atomic mass is 9.95. The summed E-state index contributed by atoms with van der Waals surface area (Å²) in [6.45, 7) is 0. The van der Waals surface area contributed by atoms with Crippen LogP contribution in [0.5, 0.6) is 0 Å². The second-order valence-corrected chi connectivity index (χ2v) is 6.13. The zero-order valence-electron chi connectivity index (χ0n) is 12.9. The number of alkyl halides is 3. The van der Waals surface area contributed by atoms with Crippen LogP contribution in [0.4, 0.5) is 17.6 Å². The van der Waals surface area contributed by atoms with Crippen LogP contribution in [0.2, 0.25) is 0 Å². The fourth-order valence-corrected chi connectivity index (χ4v) is 2.81. The Kier molecular flexibility index (Phi) is 5.83. The van der Waals surface area contributed by atoms with Crippen molar-refractivity contribution in [2.45, 2.75) is 12.1 Å². The molecule has 3 nitrogen and oxygen atoms in total. The zero-order valence-corrected chi connectivity index (χ0v) is 14.5. The maximum atomic E-state index is 13.4. The normalized spacial score (nSPS) is 12.8. The molecule has 2 aromatic rings. The Hall–Kier alpha value is -2.66. The summed E-state index contributed by atoms with van der Waals surface area (Å²) in [7, 11) is 0. The fourth-order valence-electron chi connectivity index (χ4n) is 2.25. The van der Waals surface area contributed by atoms with Gasteiger partial charge in [0.05, 0.1) is 17.0 Å². The molecule has 0 saturated heterocycles. The van der Waals surface area contributed by atoms with E-state index in [1.807, 2.05) is 0 Å². The molecule has 0 amide bonds. The van der Waals surface area contributed by atoms with Crippen molar-refractivity contribution in [3.63, 3.8) is 0 Å². The minimum atomic E-state index is -4.65. The summed E-state index contributed by atoms with van der Waals surface area (Å²) < 4.78 is 53.7. The number of nitriles is 1. The van der Waals surface area contributed by atoms with Crippen molar-refractivity contribution in [2.75, 3.05) is 0 Å². The molecule has 1 atom stereocenters. The topological polar surface area (TPSA) is 61.1 Å². The number of benzene rings is 2. The molecule has 0 bridgehead atoms. The first-order valence-electron chi connectivity index (χ1n) is 7.11. The Morgan fingerprint density at radius 2 is 1.92 bits per heavy atom. The second-order valence-electron chi connectivity index (χ2n) is 5.27. The van der Waals surface area contributed by atoms with Crippen molar-refractivity contribution in [3.8, 4) is 6.07 Å². The largest absolute Gasteiger partial charge is 0.478 e. The molecule has 8 heteroatoms. The van der Waals surface area contributed by atoms with E-state index in [2.05, 4.69) is 15.9 Å². The Morgan fingerprint density at radius 3 is 2.46 bits per heavy atom. The van der Waals surface area contributed by atoms with Crippen molar-refractivity contribution < 1.29 is 27.5 Å². The monoisotopic (exact) mass is 427 g/mol. The van der Waals surface area contributed by atoms with Gasteiger partial charge in [0.25, 0.3) is 0 Å². The molecule has 2 aromatic carbocycles. The minimum absolute atomic E-state index is 0.0216. The molecule has 0 aliphatic heterocycles. The molecule has 2 rings (SSSR count). The smallest absolute Gasteiger partial charge is 0.399 e. The van der Waals surface area contributed by atoms with Crippen LogP contribution < -0.4 is 0 Å². The number of hydrogen-bond donors (Lipinski definition) is 1. The van der Waals surface area contributed by atoms with Gasteiger partial charge in [0.2, 0.25) is 0 Å². The van der Waals surface area contributed by atoms with Crippen molar-refractivity contribution >= 4 is 28.0 Å². The number of allylic oxidation sites excluding steroid dienone is 1. The predicted octanol–water partition coefficient (Wildman–Crippen LogP) is 5.52. The van der Waals surface area contributed by atoms with Gasteiger partial charge in [-0.3, -0.25) is 0 Å². The van der Waals surface area contributed by atoms with Gasteiger partial charge in [0.15, 0.2) is 0 Å². The molecule has 0 heterocycles. The standard InChI is InChI=1S/C18H10BrF4NO2/c19-15-7-10(1-4-13(15)17(25)26)2-5-14(18(21,22)23)11-3-6-16(20)12(8-11)9-24/h1-8,14H,(H,25,26)/b5-2+. The van der Waals surface area contributed by atoms with Gasteiger partial charge >= 0.3 is 12.1 Å². The maximum absolute atomic E-state index is 13.4. The summed E-state index contributed by atoms with van der Waals surface area (Å²) in [6, 6.07) is 8.17. The summed E-state index contributed by atoms with van der Waals surface area (Å²) >= 11 is 3.05. The third-order valence-electron chi connectivity index (χ3n) is 3.53. The molecule has 0 aromatic heterocycles. The summed E-state index contributed by atoms with van der Waals surface area (Å²) in [5.41, 5.74) is -0.419. The molecule has 0 fully saturated rings. The number of carboxylic acids is 1. The molecule has 1 unspecified atom stereocenters. The minimum Gasteiger partial charge on any atom is -0.478 e. The van der Waals surface area contributed by atoms with Gasteiger partial charge in [-0.2, -0.15) is 18.4 Å². The predicted molar refractivity (Wildman–Crippen MR) is 90.0 cm³/mol. The Labute approximate surface area is 154 Å². The highest BCUT2D eigenvalue weighted by atomic mass is 79.9. The van der Waals surface area contributed by atoms with Crippen molar-refractivity contribution in [3.05, 3.63) is 75.0 Å². The van der Waals surface area contributed by atoms with Gasteiger partial charge in [0, 0.05) is 4.47 Å². The second kappa shape index (κ2) is 7.70. The SMILES string of the molecule is N#Cc1cc(C(/C=C/c2ccc(C(=O)O)c(Br)c2)C(F)(F)F)ccc1F. The highest BCUT2D eigenvalue weighted by molar-refractivity contribution is 9.10. The first-order chi connectivity index (χ1) is 12.1. The number of carbonyl (C=O) groups is 1. The average Bonchev–Trinajstić information content (AvgIpc) is 2.55. The van der Waals surface area contributed by atoms with Gasteiger partial charge in [-0.25, -0.2) is 9.18 Å². The third kappa shape index (κ3) is 4.49. The van der Waals surface area contributed by atoms with Crippen LogP contribution in [0.25, 0.3) is 6.08 Å². The number of carboxylic acid groups (broad SMARTS) is 1. The van der Waals surface area contributed by atoms with Crippen molar-refractivity contribution in [2.24, 2.45) is 0 Å². The summed E-state index contributed by atoms with van der Waals surface area (Å²) in [4.78, 5) is 10.9. The summed E-state index contributed by atoms with van der Waals surface area (Å²) in [6.07, 6.45) is -2.60. The number of rotatable bonds is 4.